The monoisotopic (exact) mass is 207 g/mol. The van der Waals surface area contributed by atoms with Gasteiger partial charge >= 0.3 is 0 Å². The lowest BCUT2D eigenvalue weighted by molar-refractivity contribution is 0.0932. The van der Waals surface area contributed by atoms with Crippen LogP contribution in [0.15, 0.2) is 24.3 Å². The molecule has 0 unspecified atom stereocenters. The molecule has 1 aromatic carbocycles. The average Bonchev–Trinajstić information content (AvgIpc) is 2.26. The van der Waals surface area contributed by atoms with Crippen molar-refractivity contribution in [1.82, 2.24) is 0 Å². The second-order valence-electron chi connectivity index (χ2n) is 3.61. The molecular weight excluding hydrogens is 190 g/mol. The summed E-state index contributed by atoms with van der Waals surface area (Å²) in [6, 6.07) is 7.60. The average molecular weight is 207 g/mol. The zero-order valence-corrected chi connectivity index (χ0v) is 9.49. The minimum atomic E-state index is 0.127. The molecule has 0 heterocycles. The van der Waals surface area contributed by atoms with Crippen molar-refractivity contribution in [3.63, 3.8) is 0 Å². The number of Topliss-reactive ketones (excluding diaryl/α,β-unsaturated/α-hetero) is 1. The van der Waals surface area contributed by atoms with E-state index >= 15 is 0 Å². The number of carbonyl (C=O) groups is 1. The molecule has 0 N–H and O–H groups in total. The van der Waals surface area contributed by atoms with Gasteiger partial charge in [-0.25, -0.2) is 0 Å². The summed E-state index contributed by atoms with van der Waals surface area (Å²) in [6.07, 6.45) is 0.442. The van der Waals surface area contributed by atoms with Crippen molar-refractivity contribution >= 4 is 11.5 Å². The lowest BCUT2D eigenvalue weighted by Crippen LogP contribution is -2.09. The third-order valence-corrected chi connectivity index (χ3v) is 2.24. The van der Waals surface area contributed by atoms with E-state index in [-0.39, 0.29) is 5.78 Å². The van der Waals surface area contributed by atoms with Crippen LogP contribution in [0.3, 0.4) is 0 Å². The Hall–Kier alpha value is -1.35. The number of rotatable bonds is 5. The molecule has 1 rings (SSSR count). The highest BCUT2D eigenvalue weighted by molar-refractivity contribution is 5.96. The van der Waals surface area contributed by atoms with Crippen LogP contribution in [0.1, 0.15) is 16.8 Å². The molecule has 3 heteroatoms. The predicted molar refractivity (Wildman–Crippen MR) is 61.6 cm³/mol. The van der Waals surface area contributed by atoms with Crippen LogP contribution in [0.25, 0.3) is 0 Å². The molecule has 0 aliphatic rings. The zero-order chi connectivity index (χ0) is 11.3. The number of benzene rings is 1. The maximum absolute atomic E-state index is 11.6. The van der Waals surface area contributed by atoms with Gasteiger partial charge in [-0.05, 0) is 24.3 Å². The number of nitrogens with zero attached hydrogens (tertiary/aromatic N) is 1. The highest BCUT2D eigenvalue weighted by Crippen LogP contribution is 2.13. The summed E-state index contributed by atoms with van der Waals surface area (Å²) in [5.74, 6) is 0.127. The molecule has 0 radical (unpaired) electrons. The second-order valence-corrected chi connectivity index (χ2v) is 3.61. The van der Waals surface area contributed by atoms with Crippen LogP contribution >= 0.6 is 0 Å². The SMILES string of the molecule is COCCC(=O)c1ccc(N(C)C)cc1. The van der Waals surface area contributed by atoms with E-state index in [0.717, 1.165) is 11.3 Å². The fourth-order valence-corrected chi connectivity index (χ4v) is 1.28. The van der Waals surface area contributed by atoms with Crippen LogP contribution in [-0.2, 0) is 4.74 Å². The quantitative estimate of drug-likeness (QED) is 0.691. The first kappa shape index (κ1) is 11.7. The molecule has 0 fully saturated rings. The van der Waals surface area contributed by atoms with Crippen molar-refractivity contribution < 1.29 is 9.53 Å². The van der Waals surface area contributed by atoms with Gasteiger partial charge in [0.1, 0.15) is 0 Å². The summed E-state index contributed by atoms with van der Waals surface area (Å²) in [5, 5.41) is 0. The summed E-state index contributed by atoms with van der Waals surface area (Å²) in [6.45, 7) is 0.480. The second kappa shape index (κ2) is 5.51. The Bertz CT molecular complexity index is 317. The van der Waals surface area contributed by atoms with Crippen molar-refractivity contribution in [3.8, 4) is 0 Å². The number of anilines is 1. The Morgan fingerprint density at radius 3 is 2.33 bits per heavy atom. The van der Waals surface area contributed by atoms with E-state index in [1.54, 1.807) is 7.11 Å². The lowest BCUT2D eigenvalue weighted by Gasteiger charge is -2.12. The lowest BCUT2D eigenvalue weighted by atomic mass is 10.1. The molecule has 15 heavy (non-hydrogen) atoms. The molecule has 0 saturated carbocycles. The van der Waals surface area contributed by atoms with E-state index in [4.69, 9.17) is 4.74 Å². The van der Waals surface area contributed by atoms with Crippen LogP contribution < -0.4 is 4.90 Å². The van der Waals surface area contributed by atoms with Gasteiger partial charge in [-0.1, -0.05) is 0 Å². The Morgan fingerprint density at radius 2 is 1.87 bits per heavy atom. The van der Waals surface area contributed by atoms with Crippen LogP contribution in [0.4, 0.5) is 5.69 Å². The molecule has 0 bridgehead atoms. The molecule has 3 nitrogen and oxygen atoms in total. The van der Waals surface area contributed by atoms with E-state index < -0.39 is 0 Å². The summed E-state index contributed by atoms with van der Waals surface area (Å²) in [5.41, 5.74) is 1.84. The van der Waals surface area contributed by atoms with Crippen molar-refractivity contribution in [2.75, 3.05) is 32.7 Å². The van der Waals surface area contributed by atoms with Crippen molar-refractivity contribution in [3.05, 3.63) is 29.8 Å². The molecule has 0 aliphatic heterocycles. The Kier molecular flexibility index (Phi) is 4.31. The highest BCUT2D eigenvalue weighted by atomic mass is 16.5. The number of methoxy groups -OCH3 is 1. The number of ketones is 1. The first-order valence-electron chi connectivity index (χ1n) is 4.94. The fraction of sp³-hybridized carbons (Fsp3) is 0.417. The van der Waals surface area contributed by atoms with E-state index in [0.29, 0.717) is 13.0 Å². The van der Waals surface area contributed by atoms with E-state index in [1.165, 1.54) is 0 Å². The number of ether oxygens (including phenoxy) is 1. The molecule has 1 aromatic rings. The molecule has 0 aliphatic carbocycles. The summed E-state index contributed by atoms with van der Waals surface area (Å²) >= 11 is 0. The molecule has 82 valence electrons. The van der Waals surface area contributed by atoms with Crippen LogP contribution in [0, 0.1) is 0 Å². The number of hydrogen-bond acceptors (Lipinski definition) is 3. The molecule has 0 aromatic heterocycles. The molecular formula is C12H17NO2. The van der Waals surface area contributed by atoms with E-state index in [2.05, 4.69) is 0 Å². The fourth-order valence-electron chi connectivity index (χ4n) is 1.28. The van der Waals surface area contributed by atoms with Gasteiger partial charge in [0.2, 0.25) is 0 Å². The van der Waals surface area contributed by atoms with Gasteiger partial charge < -0.3 is 9.64 Å². The van der Waals surface area contributed by atoms with Crippen molar-refractivity contribution in [2.45, 2.75) is 6.42 Å². The molecule has 0 amide bonds. The van der Waals surface area contributed by atoms with Gasteiger partial charge in [0.25, 0.3) is 0 Å². The van der Waals surface area contributed by atoms with E-state index in [9.17, 15) is 4.79 Å². The third-order valence-electron chi connectivity index (χ3n) is 2.24. The normalized spacial score (nSPS) is 10.1. The maximum Gasteiger partial charge on any atom is 0.165 e. The minimum Gasteiger partial charge on any atom is -0.384 e. The number of carbonyl (C=O) groups excluding carboxylic acids is 1. The van der Waals surface area contributed by atoms with Crippen LogP contribution in [0.2, 0.25) is 0 Å². The van der Waals surface area contributed by atoms with Gasteiger partial charge in [0.05, 0.1) is 6.61 Å². The van der Waals surface area contributed by atoms with Gasteiger partial charge in [-0.2, -0.15) is 0 Å². The topological polar surface area (TPSA) is 29.5 Å². The van der Waals surface area contributed by atoms with Gasteiger partial charge in [-0.15, -0.1) is 0 Å². The summed E-state index contributed by atoms with van der Waals surface area (Å²) in [7, 11) is 5.55. The number of hydrogen-bond donors (Lipinski definition) is 0. The minimum absolute atomic E-state index is 0.127. The van der Waals surface area contributed by atoms with Gasteiger partial charge in [0, 0.05) is 38.9 Å². The van der Waals surface area contributed by atoms with Gasteiger partial charge in [0.15, 0.2) is 5.78 Å². The Morgan fingerprint density at radius 1 is 1.27 bits per heavy atom. The Balaban J connectivity index is 2.67. The Labute approximate surface area is 90.7 Å². The van der Waals surface area contributed by atoms with Crippen molar-refractivity contribution in [1.29, 1.82) is 0 Å². The first-order valence-corrected chi connectivity index (χ1v) is 4.94. The highest BCUT2D eigenvalue weighted by Gasteiger charge is 2.05. The maximum atomic E-state index is 11.6. The molecule has 0 spiro atoms. The largest absolute Gasteiger partial charge is 0.384 e. The predicted octanol–water partition coefficient (Wildman–Crippen LogP) is 1.97. The molecule has 0 atom stereocenters. The molecule has 0 saturated heterocycles. The smallest absolute Gasteiger partial charge is 0.165 e. The third kappa shape index (κ3) is 3.36. The zero-order valence-electron chi connectivity index (χ0n) is 9.49. The standard InChI is InChI=1S/C12H17NO2/c1-13(2)11-6-4-10(5-7-11)12(14)8-9-15-3/h4-7H,8-9H2,1-3H3. The van der Waals surface area contributed by atoms with Crippen LogP contribution in [-0.4, -0.2) is 33.6 Å². The van der Waals surface area contributed by atoms with E-state index in [1.807, 2.05) is 43.3 Å². The van der Waals surface area contributed by atoms with Crippen molar-refractivity contribution in [2.24, 2.45) is 0 Å². The summed E-state index contributed by atoms with van der Waals surface area (Å²) < 4.78 is 4.87. The first-order chi connectivity index (χ1) is 7.15. The van der Waals surface area contributed by atoms with Crippen LogP contribution in [0.5, 0.6) is 0 Å². The summed E-state index contributed by atoms with van der Waals surface area (Å²) in [4.78, 5) is 13.6. The van der Waals surface area contributed by atoms with Gasteiger partial charge in [-0.3, -0.25) is 4.79 Å².